The number of carbonyl (C=O) groups is 1. The van der Waals surface area contributed by atoms with Gasteiger partial charge in [0.05, 0.1) is 7.11 Å². The van der Waals surface area contributed by atoms with E-state index in [0.717, 1.165) is 38.8 Å². The molecule has 0 saturated heterocycles. The number of nitrogens with one attached hydrogen (secondary N) is 1. The SMILES string of the molecule is CC.COc1cc(NC(=O)c2cccc(OCc3cncc4ccccc34)c2)cc(C2=C[CH]2)c1C.[HH]. The van der Waals surface area contributed by atoms with E-state index >= 15 is 0 Å². The summed E-state index contributed by atoms with van der Waals surface area (Å²) in [6.07, 6.45) is 7.74. The zero-order chi connectivity index (χ0) is 24.8. The van der Waals surface area contributed by atoms with Gasteiger partial charge in [0, 0.05) is 48.5 Å². The van der Waals surface area contributed by atoms with E-state index in [1.165, 1.54) is 0 Å². The standard InChI is InChI=1S/C28H23N2O3.C2H6.H2/c1-18-26(19-10-11-19)13-23(14-27(18)32-2)30-28(31)20-7-5-8-24(12-20)33-17-22-16-29-15-21-6-3-4-9-25(21)22;1-2;/h3-16H,17H2,1-2H3,(H,30,31);1-2H3;1H. The number of methoxy groups -OCH3 is 1. The minimum absolute atomic E-state index is 0. The average molecular weight is 468 g/mol. The highest BCUT2D eigenvalue weighted by atomic mass is 16.5. The van der Waals surface area contributed by atoms with Gasteiger partial charge in [-0.1, -0.05) is 50.3 Å². The zero-order valence-electron chi connectivity index (χ0n) is 20.5. The Labute approximate surface area is 207 Å². The molecule has 1 radical (unpaired) electrons. The van der Waals surface area contributed by atoms with Crippen LogP contribution in [-0.2, 0) is 6.61 Å². The van der Waals surface area contributed by atoms with Gasteiger partial charge in [-0.25, -0.2) is 0 Å². The molecule has 0 unspecified atom stereocenters. The predicted molar refractivity (Wildman–Crippen MR) is 144 cm³/mol. The molecule has 35 heavy (non-hydrogen) atoms. The van der Waals surface area contributed by atoms with Gasteiger partial charge in [-0.15, -0.1) is 0 Å². The number of pyridine rings is 1. The van der Waals surface area contributed by atoms with Crippen molar-refractivity contribution in [3.05, 3.63) is 108 Å². The van der Waals surface area contributed by atoms with Crippen LogP contribution in [0.2, 0.25) is 0 Å². The number of fused-ring (bicyclic) bond motifs is 1. The van der Waals surface area contributed by atoms with Gasteiger partial charge in [0.2, 0.25) is 0 Å². The third-order valence-corrected chi connectivity index (χ3v) is 5.72. The van der Waals surface area contributed by atoms with Gasteiger partial charge in [-0.3, -0.25) is 9.78 Å². The number of ether oxygens (including phenoxy) is 2. The number of nitrogens with zero attached hydrogens (tertiary/aromatic N) is 1. The lowest BCUT2D eigenvalue weighted by molar-refractivity contribution is 0.102. The highest BCUT2D eigenvalue weighted by Gasteiger charge is 2.18. The molecule has 1 N–H and O–H groups in total. The summed E-state index contributed by atoms with van der Waals surface area (Å²) in [5, 5.41) is 5.16. The Kier molecular flexibility index (Phi) is 7.46. The van der Waals surface area contributed by atoms with Crippen molar-refractivity contribution in [1.29, 1.82) is 0 Å². The maximum absolute atomic E-state index is 13.0. The summed E-state index contributed by atoms with van der Waals surface area (Å²) in [6.45, 7) is 6.38. The van der Waals surface area contributed by atoms with Crippen LogP contribution in [0.1, 0.15) is 42.3 Å². The minimum atomic E-state index is -0.210. The Morgan fingerprint density at radius 2 is 1.83 bits per heavy atom. The largest absolute Gasteiger partial charge is 0.496 e. The highest BCUT2D eigenvalue weighted by Crippen LogP contribution is 2.38. The first-order valence-electron chi connectivity index (χ1n) is 11.7. The van der Waals surface area contributed by atoms with Gasteiger partial charge in [0.15, 0.2) is 0 Å². The van der Waals surface area contributed by atoms with Crippen LogP contribution in [-0.4, -0.2) is 18.0 Å². The number of aromatic nitrogens is 1. The highest BCUT2D eigenvalue weighted by molar-refractivity contribution is 6.05. The van der Waals surface area contributed by atoms with E-state index in [-0.39, 0.29) is 7.33 Å². The Morgan fingerprint density at radius 3 is 2.60 bits per heavy atom. The van der Waals surface area contributed by atoms with Crippen molar-refractivity contribution in [2.24, 2.45) is 0 Å². The van der Waals surface area contributed by atoms with Crippen molar-refractivity contribution >= 4 is 27.9 Å². The lowest BCUT2D eigenvalue weighted by Crippen LogP contribution is -2.12. The van der Waals surface area contributed by atoms with Gasteiger partial charge in [-0.05, 0) is 53.3 Å². The van der Waals surface area contributed by atoms with E-state index in [1.807, 2.05) is 88.1 Å². The normalized spacial score (nSPS) is 11.7. The van der Waals surface area contributed by atoms with E-state index < -0.39 is 0 Å². The first kappa shape index (κ1) is 24.0. The molecule has 0 bridgehead atoms. The van der Waals surface area contributed by atoms with Crippen LogP contribution in [0, 0.1) is 13.3 Å². The van der Waals surface area contributed by atoms with Gasteiger partial charge >= 0.3 is 0 Å². The Morgan fingerprint density at radius 1 is 1.03 bits per heavy atom. The quantitative estimate of drug-likeness (QED) is 0.311. The summed E-state index contributed by atoms with van der Waals surface area (Å²) in [4.78, 5) is 17.3. The van der Waals surface area contributed by atoms with Gasteiger partial charge in [-0.2, -0.15) is 0 Å². The predicted octanol–water partition coefficient (Wildman–Crippen LogP) is 7.26. The number of amides is 1. The van der Waals surface area contributed by atoms with Crippen LogP contribution < -0.4 is 14.8 Å². The average Bonchev–Trinajstić information content (AvgIpc) is 3.75. The van der Waals surface area contributed by atoms with Crippen molar-refractivity contribution in [3.8, 4) is 11.5 Å². The maximum Gasteiger partial charge on any atom is 0.255 e. The number of carbonyl (C=O) groups excluding carboxylic acids is 1. The molecule has 1 aliphatic rings. The van der Waals surface area contributed by atoms with E-state index in [2.05, 4.69) is 16.4 Å². The molecule has 0 saturated carbocycles. The van der Waals surface area contributed by atoms with Crippen LogP contribution in [0.25, 0.3) is 16.3 Å². The van der Waals surface area contributed by atoms with Crippen molar-refractivity contribution in [2.75, 3.05) is 12.4 Å². The smallest absolute Gasteiger partial charge is 0.255 e. The number of allylic oxidation sites excluding steroid dienone is 2. The fourth-order valence-corrected chi connectivity index (χ4v) is 3.88. The van der Waals surface area contributed by atoms with Gasteiger partial charge < -0.3 is 14.8 Å². The second-order valence-electron chi connectivity index (χ2n) is 7.93. The van der Waals surface area contributed by atoms with E-state index in [4.69, 9.17) is 9.47 Å². The van der Waals surface area contributed by atoms with Crippen molar-refractivity contribution in [2.45, 2.75) is 27.4 Å². The molecule has 179 valence electrons. The van der Waals surface area contributed by atoms with Crippen LogP contribution in [0.5, 0.6) is 11.5 Å². The molecule has 0 aliphatic heterocycles. The van der Waals surface area contributed by atoms with Crippen molar-refractivity contribution < 1.29 is 15.7 Å². The molecule has 5 rings (SSSR count). The lowest BCUT2D eigenvalue weighted by Gasteiger charge is -2.14. The minimum Gasteiger partial charge on any atom is -0.496 e. The van der Waals surface area contributed by atoms with E-state index in [9.17, 15) is 4.79 Å². The molecular weight excluding hydrogens is 436 g/mol. The Balaban J connectivity index is 0.00000117. The lowest BCUT2D eigenvalue weighted by atomic mass is 10.0. The Hall–Kier alpha value is -4.12. The molecular formula is C30H31N2O3. The van der Waals surface area contributed by atoms with Gasteiger partial charge in [0.25, 0.3) is 5.91 Å². The fraction of sp³-hybridized carbons (Fsp3) is 0.167. The third-order valence-electron chi connectivity index (χ3n) is 5.72. The number of hydrogen-bond donors (Lipinski definition) is 1. The molecule has 1 aliphatic carbocycles. The second-order valence-corrected chi connectivity index (χ2v) is 7.93. The summed E-state index contributed by atoms with van der Waals surface area (Å²) in [7, 11) is 1.63. The third kappa shape index (κ3) is 5.52. The summed E-state index contributed by atoms with van der Waals surface area (Å²) in [5.41, 5.74) is 5.46. The summed E-state index contributed by atoms with van der Waals surface area (Å²) in [5.74, 6) is 1.15. The molecule has 3 aromatic carbocycles. The zero-order valence-corrected chi connectivity index (χ0v) is 20.5. The second kappa shape index (κ2) is 10.9. The van der Waals surface area contributed by atoms with E-state index in [1.54, 1.807) is 19.2 Å². The molecule has 0 fully saturated rings. The molecule has 0 spiro atoms. The van der Waals surface area contributed by atoms with Crippen LogP contribution in [0.3, 0.4) is 0 Å². The van der Waals surface area contributed by atoms with Crippen LogP contribution in [0.4, 0.5) is 5.69 Å². The fourth-order valence-electron chi connectivity index (χ4n) is 3.88. The number of anilines is 1. The first-order chi connectivity index (χ1) is 17.1. The van der Waals surface area contributed by atoms with Crippen LogP contribution >= 0.6 is 0 Å². The number of hydrogen-bond acceptors (Lipinski definition) is 4. The molecule has 1 heterocycles. The summed E-state index contributed by atoms with van der Waals surface area (Å²) >= 11 is 0. The van der Waals surface area contributed by atoms with Crippen molar-refractivity contribution in [1.82, 2.24) is 4.98 Å². The molecule has 5 heteroatoms. The molecule has 0 atom stereocenters. The van der Waals surface area contributed by atoms with Gasteiger partial charge in [0.1, 0.15) is 18.1 Å². The summed E-state index contributed by atoms with van der Waals surface area (Å²) in [6, 6.07) is 19.1. The molecule has 5 nitrogen and oxygen atoms in total. The molecule has 4 aromatic rings. The van der Waals surface area contributed by atoms with Crippen molar-refractivity contribution in [3.63, 3.8) is 0 Å². The first-order valence-corrected chi connectivity index (χ1v) is 11.7. The molecule has 1 aromatic heterocycles. The monoisotopic (exact) mass is 467 g/mol. The Bertz CT molecular complexity index is 1390. The molecule has 1 amide bonds. The summed E-state index contributed by atoms with van der Waals surface area (Å²) < 4.78 is 11.5. The van der Waals surface area contributed by atoms with E-state index in [0.29, 0.717) is 23.6 Å². The van der Waals surface area contributed by atoms with Crippen LogP contribution in [0.15, 0.2) is 79.1 Å². The topological polar surface area (TPSA) is 60.5 Å². The number of benzene rings is 3. The maximum atomic E-state index is 13.0. The number of rotatable bonds is 7.